The van der Waals surface area contributed by atoms with Gasteiger partial charge in [0.05, 0.1) is 19.8 Å². The number of benzene rings is 1. The van der Waals surface area contributed by atoms with E-state index in [9.17, 15) is 9.36 Å². The Kier molecular flexibility index (Phi) is 6.55. The molecule has 0 heterocycles. The Hall–Kier alpha value is -1.41. The number of carbonyl (C=O) groups excluding carboxylic acids is 1. The van der Waals surface area contributed by atoms with Crippen molar-refractivity contribution < 1.29 is 18.8 Å². The number of ether oxygens (including phenoxy) is 2. The third kappa shape index (κ3) is 4.81. The first-order valence-corrected chi connectivity index (χ1v) is 8.20. The molecule has 122 valence electrons. The van der Waals surface area contributed by atoms with Gasteiger partial charge >= 0.3 is 0 Å². The van der Waals surface area contributed by atoms with Crippen LogP contribution in [0.2, 0.25) is 0 Å². The summed E-state index contributed by atoms with van der Waals surface area (Å²) in [6.45, 7) is 8.30. The summed E-state index contributed by atoms with van der Waals surface area (Å²) in [6.07, 6.45) is 0.817. The van der Waals surface area contributed by atoms with Crippen LogP contribution >= 0.6 is 8.46 Å². The predicted molar refractivity (Wildman–Crippen MR) is 88.5 cm³/mol. The molecule has 0 aliphatic rings. The summed E-state index contributed by atoms with van der Waals surface area (Å²) in [4.78, 5) is 12.8. The zero-order chi connectivity index (χ0) is 16.9. The van der Waals surface area contributed by atoms with E-state index < -0.39 is 5.66 Å². The van der Waals surface area contributed by atoms with Gasteiger partial charge in [0, 0.05) is 6.07 Å². The SMILES string of the molecule is COc1ccc(C(=O)C(P=O)C(C)CC(C)(C)C)c(OC)c1. The molecule has 4 nitrogen and oxygen atoms in total. The Morgan fingerprint density at radius 2 is 1.86 bits per heavy atom. The Morgan fingerprint density at radius 3 is 2.32 bits per heavy atom. The van der Waals surface area contributed by atoms with Crippen LogP contribution in [-0.4, -0.2) is 25.7 Å². The minimum absolute atomic E-state index is 0.0125. The second-order valence-corrected chi connectivity index (χ2v) is 7.49. The number of carbonyl (C=O) groups is 1. The van der Waals surface area contributed by atoms with Gasteiger partial charge in [0.2, 0.25) is 0 Å². The Balaban J connectivity index is 3.09. The van der Waals surface area contributed by atoms with Crippen molar-refractivity contribution in [2.24, 2.45) is 11.3 Å². The molecule has 0 fully saturated rings. The zero-order valence-corrected chi connectivity index (χ0v) is 15.1. The first-order valence-electron chi connectivity index (χ1n) is 7.32. The summed E-state index contributed by atoms with van der Waals surface area (Å²) in [6, 6.07) is 5.05. The van der Waals surface area contributed by atoms with E-state index in [2.05, 4.69) is 20.8 Å². The standard InChI is InChI=1S/C17H25O4P/c1-11(10-17(2,3)4)16(22-19)15(18)13-8-7-12(20-5)9-14(13)21-6/h7-9,11,16H,10H2,1-6H3. The normalized spacial score (nSPS) is 14.5. The second-order valence-electron chi connectivity index (χ2n) is 6.72. The molecule has 22 heavy (non-hydrogen) atoms. The van der Waals surface area contributed by atoms with Crippen LogP contribution in [0.3, 0.4) is 0 Å². The van der Waals surface area contributed by atoms with Gasteiger partial charge in [-0.2, -0.15) is 0 Å². The molecule has 0 bridgehead atoms. The minimum atomic E-state index is -0.568. The Labute approximate surface area is 134 Å². The number of ketones is 1. The lowest BCUT2D eigenvalue weighted by molar-refractivity contribution is 0.0958. The number of hydrogen-bond donors (Lipinski definition) is 0. The number of rotatable bonds is 7. The highest BCUT2D eigenvalue weighted by Crippen LogP contribution is 2.34. The van der Waals surface area contributed by atoms with Gasteiger partial charge in [0.25, 0.3) is 0 Å². The highest BCUT2D eigenvalue weighted by atomic mass is 31.1. The number of methoxy groups -OCH3 is 2. The summed E-state index contributed by atoms with van der Waals surface area (Å²) in [5, 5.41) is 0. The first-order chi connectivity index (χ1) is 10.2. The zero-order valence-electron chi connectivity index (χ0n) is 14.2. The highest BCUT2D eigenvalue weighted by Gasteiger charge is 2.31. The fraction of sp³-hybridized carbons (Fsp3) is 0.588. The smallest absolute Gasteiger partial charge is 0.181 e. The van der Waals surface area contributed by atoms with Crippen molar-refractivity contribution in [1.29, 1.82) is 0 Å². The lowest BCUT2D eigenvalue weighted by Gasteiger charge is -2.26. The van der Waals surface area contributed by atoms with Gasteiger partial charge < -0.3 is 9.47 Å². The molecule has 5 heteroatoms. The maximum atomic E-state index is 12.8. The molecule has 0 aromatic heterocycles. The van der Waals surface area contributed by atoms with Crippen molar-refractivity contribution in [1.82, 2.24) is 0 Å². The maximum absolute atomic E-state index is 12.8. The highest BCUT2D eigenvalue weighted by molar-refractivity contribution is 7.26. The fourth-order valence-corrected chi connectivity index (χ4v) is 3.20. The van der Waals surface area contributed by atoms with Crippen LogP contribution in [0.1, 0.15) is 44.5 Å². The molecule has 0 aliphatic heterocycles. The van der Waals surface area contributed by atoms with Crippen molar-refractivity contribution in [3.8, 4) is 11.5 Å². The molecule has 0 saturated heterocycles. The van der Waals surface area contributed by atoms with Crippen molar-refractivity contribution >= 4 is 14.2 Å². The lowest BCUT2D eigenvalue weighted by Crippen LogP contribution is -2.26. The third-order valence-electron chi connectivity index (χ3n) is 3.53. The van der Waals surface area contributed by atoms with Crippen LogP contribution in [0.15, 0.2) is 18.2 Å². The van der Waals surface area contributed by atoms with E-state index in [1.807, 2.05) is 6.92 Å². The molecule has 1 aromatic carbocycles. The summed E-state index contributed by atoms with van der Waals surface area (Å²) in [7, 11) is 2.91. The van der Waals surface area contributed by atoms with Crippen LogP contribution in [-0.2, 0) is 4.57 Å². The largest absolute Gasteiger partial charge is 0.497 e. The number of hydrogen-bond acceptors (Lipinski definition) is 4. The van der Waals surface area contributed by atoms with Crippen molar-refractivity contribution in [2.75, 3.05) is 14.2 Å². The molecule has 0 saturated carbocycles. The van der Waals surface area contributed by atoms with E-state index in [-0.39, 0.29) is 25.6 Å². The van der Waals surface area contributed by atoms with Gasteiger partial charge in [-0.1, -0.05) is 27.7 Å². The molecule has 0 spiro atoms. The molecule has 1 aromatic rings. The van der Waals surface area contributed by atoms with Crippen LogP contribution in [0.5, 0.6) is 11.5 Å². The summed E-state index contributed by atoms with van der Waals surface area (Å²) < 4.78 is 22.0. The van der Waals surface area contributed by atoms with Gasteiger partial charge in [-0.15, -0.1) is 0 Å². The molecule has 0 aliphatic carbocycles. The fourth-order valence-electron chi connectivity index (χ4n) is 2.65. The predicted octanol–water partition coefficient (Wildman–Crippen LogP) is 4.62. The Morgan fingerprint density at radius 1 is 1.23 bits per heavy atom. The minimum Gasteiger partial charge on any atom is -0.497 e. The monoisotopic (exact) mass is 324 g/mol. The van der Waals surface area contributed by atoms with E-state index in [1.165, 1.54) is 7.11 Å². The quantitative estimate of drug-likeness (QED) is 0.542. The molecule has 0 amide bonds. The second kappa shape index (κ2) is 7.73. The van der Waals surface area contributed by atoms with E-state index >= 15 is 0 Å². The average molecular weight is 324 g/mol. The molecule has 2 unspecified atom stereocenters. The lowest BCUT2D eigenvalue weighted by atomic mass is 9.82. The summed E-state index contributed by atoms with van der Waals surface area (Å²) in [5.41, 5.74) is -0.0500. The topological polar surface area (TPSA) is 52.6 Å². The average Bonchev–Trinajstić information content (AvgIpc) is 2.45. The van der Waals surface area contributed by atoms with Crippen molar-refractivity contribution in [2.45, 2.75) is 39.8 Å². The molecule has 0 N–H and O–H groups in total. The molecular weight excluding hydrogens is 299 g/mol. The van der Waals surface area contributed by atoms with Gasteiger partial charge in [-0.3, -0.25) is 9.36 Å². The third-order valence-corrected chi connectivity index (χ3v) is 4.50. The molecular formula is C17H25O4P. The van der Waals surface area contributed by atoms with E-state index in [4.69, 9.17) is 9.47 Å². The van der Waals surface area contributed by atoms with E-state index in [1.54, 1.807) is 25.3 Å². The van der Waals surface area contributed by atoms with Crippen LogP contribution in [0.4, 0.5) is 0 Å². The molecule has 0 radical (unpaired) electrons. The van der Waals surface area contributed by atoms with Crippen molar-refractivity contribution in [3.63, 3.8) is 0 Å². The number of Topliss-reactive ketones (excluding diaryl/α,β-unsaturated/α-hetero) is 1. The van der Waals surface area contributed by atoms with Crippen molar-refractivity contribution in [3.05, 3.63) is 23.8 Å². The van der Waals surface area contributed by atoms with E-state index in [0.717, 1.165) is 6.42 Å². The van der Waals surface area contributed by atoms with Crippen LogP contribution in [0.25, 0.3) is 0 Å². The van der Waals surface area contributed by atoms with Crippen LogP contribution < -0.4 is 9.47 Å². The summed E-state index contributed by atoms with van der Waals surface area (Å²) in [5.74, 6) is 0.916. The van der Waals surface area contributed by atoms with Gasteiger partial charge in [-0.05, 0) is 29.9 Å². The van der Waals surface area contributed by atoms with E-state index in [0.29, 0.717) is 17.1 Å². The van der Waals surface area contributed by atoms with Gasteiger partial charge in [0.15, 0.2) is 14.2 Å². The summed E-state index contributed by atoms with van der Waals surface area (Å²) >= 11 is 0. The van der Waals surface area contributed by atoms with Crippen LogP contribution in [0, 0.1) is 11.3 Å². The first kappa shape index (κ1) is 18.6. The van der Waals surface area contributed by atoms with Gasteiger partial charge in [-0.25, -0.2) is 0 Å². The molecule has 2 atom stereocenters. The van der Waals surface area contributed by atoms with Gasteiger partial charge in [0.1, 0.15) is 17.2 Å². The maximum Gasteiger partial charge on any atom is 0.181 e. The molecule has 1 rings (SSSR count). The Bertz CT molecular complexity index is 534.